The van der Waals surface area contributed by atoms with Gasteiger partial charge in [0.25, 0.3) is 0 Å². The van der Waals surface area contributed by atoms with Gasteiger partial charge in [-0.25, -0.2) is 10.8 Å². The molecule has 1 aromatic rings. The first-order valence-electron chi connectivity index (χ1n) is 6.97. The zero-order valence-corrected chi connectivity index (χ0v) is 11.9. The van der Waals surface area contributed by atoms with Gasteiger partial charge in [-0.1, -0.05) is 6.92 Å². The largest absolute Gasteiger partial charge is 0.416 e. The van der Waals surface area contributed by atoms with Gasteiger partial charge in [0.05, 0.1) is 5.56 Å². The number of nitrogens with two attached hydrogens (primary N) is 1. The lowest BCUT2D eigenvalue weighted by Crippen LogP contribution is -2.42. The molecule has 8 heteroatoms. The van der Waals surface area contributed by atoms with Crippen LogP contribution in [0.25, 0.3) is 0 Å². The number of alkyl halides is 3. The highest BCUT2D eigenvalue weighted by atomic mass is 19.4. The third kappa shape index (κ3) is 4.21. The van der Waals surface area contributed by atoms with Gasteiger partial charge in [0, 0.05) is 12.6 Å². The molecule has 1 unspecified atom stereocenters. The third-order valence-electron chi connectivity index (χ3n) is 3.61. The molecule has 0 spiro atoms. The van der Waals surface area contributed by atoms with E-state index < -0.39 is 11.7 Å². The summed E-state index contributed by atoms with van der Waals surface area (Å²) in [6.45, 7) is 4.84. The van der Waals surface area contributed by atoms with E-state index in [1.165, 1.54) is 0 Å². The number of likely N-dealkylation sites (N-methyl/N-ethyl adjacent to an activating group) is 1. The Morgan fingerprint density at radius 3 is 2.71 bits per heavy atom. The number of pyridine rings is 1. The summed E-state index contributed by atoms with van der Waals surface area (Å²) in [5.74, 6) is 5.38. The fourth-order valence-electron chi connectivity index (χ4n) is 2.51. The van der Waals surface area contributed by atoms with Crippen molar-refractivity contribution in [2.75, 3.05) is 30.4 Å². The Balaban J connectivity index is 2.15. The van der Waals surface area contributed by atoms with Crippen LogP contribution in [0.2, 0.25) is 0 Å². The molecule has 1 atom stereocenters. The van der Waals surface area contributed by atoms with Crippen molar-refractivity contribution in [2.45, 2.75) is 32.0 Å². The number of halogens is 3. The highest BCUT2D eigenvalue weighted by molar-refractivity contribution is 5.49. The maximum Gasteiger partial charge on any atom is 0.416 e. The second-order valence-corrected chi connectivity index (χ2v) is 5.15. The normalized spacial score (nSPS) is 20.3. The van der Waals surface area contributed by atoms with E-state index in [2.05, 4.69) is 27.6 Å². The average Bonchev–Trinajstić information content (AvgIpc) is 2.46. The lowest BCUT2D eigenvalue weighted by molar-refractivity contribution is -0.137. The summed E-state index contributed by atoms with van der Waals surface area (Å²) in [7, 11) is 0. The zero-order valence-electron chi connectivity index (χ0n) is 11.9. The van der Waals surface area contributed by atoms with Crippen molar-refractivity contribution < 1.29 is 13.2 Å². The summed E-state index contributed by atoms with van der Waals surface area (Å²) in [6.07, 6.45) is -2.49. The molecular formula is C13H20F3N5. The average molecular weight is 303 g/mol. The van der Waals surface area contributed by atoms with Crippen molar-refractivity contribution in [3.8, 4) is 0 Å². The van der Waals surface area contributed by atoms with E-state index in [0.717, 1.165) is 44.6 Å². The lowest BCUT2D eigenvalue weighted by atomic mass is 10.1. The highest BCUT2D eigenvalue weighted by Crippen LogP contribution is 2.32. The van der Waals surface area contributed by atoms with E-state index in [-0.39, 0.29) is 17.7 Å². The van der Waals surface area contributed by atoms with E-state index >= 15 is 0 Å². The number of rotatable bonds is 4. The zero-order chi connectivity index (χ0) is 15.5. The molecule has 2 rings (SSSR count). The van der Waals surface area contributed by atoms with Crippen LogP contribution in [0.5, 0.6) is 0 Å². The molecule has 118 valence electrons. The molecule has 1 saturated heterocycles. The molecule has 0 bridgehead atoms. The minimum atomic E-state index is -4.42. The Labute approximate surface area is 121 Å². The first-order chi connectivity index (χ1) is 9.92. The number of aromatic nitrogens is 1. The summed E-state index contributed by atoms with van der Waals surface area (Å²) in [5, 5.41) is 3.08. The number of hydrazine groups is 1. The first kappa shape index (κ1) is 15.8. The van der Waals surface area contributed by atoms with Crippen LogP contribution < -0.4 is 16.6 Å². The van der Waals surface area contributed by atoms with Gasteiger partial charge in [0.2, 0.25) is 0 Å². The Bertz CT molecular complexity index is 477. The molecule has 1 aliphatic heterocycles. The molecule has 0 radical (unpaired) electrons. The first-order valence-corrected chi connectivity index (χ1v) is 6.97. The molecule has 21 heavy (non-hydrogen) atoms. The van der Waals surface area contributed by atoms with E-state index in [1.54, 1.807) is 0 Å². The number of hydrogen-bond acceptors (Lipinski definition) is 5. The minimum Gasteiger partial charge on any atom is -0.366 e. The topological polar surface area (TPSA) is 66.2 Å². The van der Waals surface area contributed by atoms with Crippen LogP contribution in [0.3, 0.4) is 0 Å². The molecule has 2 heterocycles. The van der Waals surface area contributed by atoms with Gasteiger partial charge in [-0.2, -0.15) is 13.2 Å². The van der Waals surface area contributed by atoms with Crippen LogP contribution in [-0.2, 0) is 6.18 Å². The molecule has 0 aliphatic carbocycles. The summed E-state index contributed by atoms with van der Waals surface area (Å²) in [4.78, 5) is 6.31. The molecule has 1 fully saturated rings. The van der Waals surface area contributed by atoms with Gasteiger partial charge in [0.15, 0.2) is 0 Å². The lowest BCUT2D eigenvalue weighted by Gasteiger charge is -2.32. The van der Waals surface area contributed by atoms with Crippen LogP contribution in [-0.4, -0.2) is 35.6 Å². The quantitative estimate of drug-likeness (QED) is 0.588. The summed E-state index contributed by atoms with van der Waals surface area (Å²) in [5.41, 5.74) is 1.41. The van der Waals surface area contributed by atoms with Gasteiger partial charge < -0.3 is 15.6 Å². The molecule has 0 saturated carbocycles. The molecule has 5 nitrogen and oxygen atoms in total. The Kier molecular flexibility index (Phi) is 4.89. The molecule has 0 amide bonds. The molecule has 1 aromatic heterocycles. The van der Waals surface area contributed by atoms with E-state index in [4.69, 9.17) is 5.84 Å². The van der Waals surface area contributed by atoms with E-state index in [0.29, 0.717) is 0 Å². The van der Waals surface area contributed by atoms with Gasteiger partial charge in [-0.15, -0.1) is 0 Å². The summed E-state index contributed by atoms with van der Waals surface area (Å²) < 4.78 is 38.5. The predicted molar refractivity (Wildman–Crippen MR) is 75.8 cm³/mol. The standard InChI is InChI=1S/C13H20F3N5/c1-2-21-5-3-4-10(8-21)18-11-6-9(13(14,15)16)7-12(19-11)20-17/h6-7,10H,2-5,8,17H2,1H3,(H2,18,19,20). The van der Waals surface area contributed by atoms with Gasteiger partial charge in [0.1, 0.15) is 11.6 Å². The minimum absolute atomic E-state index is 0.00418. The van der Waals surface area contributed by atoms with Crippen LogP contribution in [0, 0.1) is 0 Å². The van der Waals surface area contributed by atoms with Crippen molar-refractivity contribution in [3.05, 3.63) is 17.7 Å². The van der Waals surface area contributed by atoms with Gasteiger partial charge in [-0.05, 0) is 38.1 Å². The maximum absolute atomic E-state index is 12.8. The second kappa shape index (κ2) is 6.48. The SMILES string of the molecule is CCN1CCCC(Nc2cc(C(F)(F)F)cc(NN)n2)C1. The summed E-state index contributed by atoms with van der Waals surface area (Å²) >= 11 is 0. The Morgan fingerprint density at radius 1 is 1.38 bits per heavy atom. The van der Waals surface area contributed by atoms with Crippen molar-refractivity contribution in [1.29, 1.82) is 0 Å². The Morgan fingerprint density at radius 2 is 2.10 bits per heavy atom. The fourth-order valence-corrected chi connectivity index (χ4v) is 2.51. The van der Waals surface area contributed by atoms with Crippen LogP contribution in [0.15, 0.2) is 12.1 Å². The predicted octanol–water partition coefficient (Wildman–Crippen LogP) is 2.28. The molecule has 4 N–H and O–H groups in total. The Hall–Kier alpha value is -1.54. The maximum atomic E-state index is 12.8. The van der Waals surface area contributed by atoms with Crippen molar-refractivity contribution in [3.63, 3.8) is 0 Å². The second-order valence-electron chi connectivity index (χ2n) is 5.15. The highest BCUT2D eigenvalue weighted by Gasteiger charge is 2.32. The third-order valence-corrected chi connectivity index (χ3v) is 3.61. The number of hydrogen-bond donors (Lipinski definition) is 3. The number of anilines is 2. The number of nitrogens with zero attached hydrogens (tertiary/aromatic N) is 2. The van der Waals surface area contributed by atoms with Crippen molar-refractivity contribution in [2.24, 2.45) is 5.84 Å². The molecule has 1 aliphatic rings. The van der Waals surface area contributed by atoms with Gasteiger partial charge >= 0.3 is 6.18 Å². The van der Waals surface area contributed by atoms with Gasteiger partial charge in [-0.3, -0.25) is 0 Å². The smallest absolute Gasteiger partial charge is 0.366 e. The number of nitrogen functional groups attached to an aromatic ring is 1. The number of nitrogens with one attached hydrogen (secondary N) is 2. The fraction of sp³-hybridized carbons (Fsp3) is 0.615. The molecule has 0 aromatic carbocycles. The number of piperidine rings is 1. The van der Waals surface area contributed by atoms with Crippen LogP contribution >= 0.6 is 0 Å². The van der Waals surface area contributed by atoms with Crippen molar-refractivity contribution in [1.82, 2.24) is 9.88 Å². The van der Waals surface area contributed by atoms with Crippen LogP contribution in [0.4, 0.5) is 24.8 Å². The van der Waals surface area contributed by atoms with E-state index in [9.17, 15) is 13.2 Å². The van der Waals surface area contributed by atoms with Crippen LogP contribution in [0.1, 0.15) is 25.3 Å². The summed E-state index contributed by atoms with van der Waals surface area (Å²) in [6, 6.07) is 2.01. The van der Waals surface area contributed by atoms with Crippen molar-refractivity contribution >= 4 is 11.6 Å². The monoisotopic (exact) mass is 303 g/mol. The number of likely N-dealkylation sites (tertiary alicyclic amines) is 1. The molecular weight excluding hydrogens is 283 g/mol. The van der Waals surface area contributed by atoms with E-state index in [1.807, 2.05) is 0 Å².